The van der Waals surface area contributed by atoms with Crippen LogP contribution in [0.5, 0.6) is 0 Å². The summed E-state index contributed by atoms with van der Waals surface area (Å²) in [4.78, 5) is 12.7. The third-order valence-corrected chi connectivity index (χ3v) is 5.13. The molecule has 1 aliphatic rings. The Morgan fingerprint density at radius 3 is 2.83 bits per heavy atom. The number of benzene rings is 1. The van der Waals surface area contributed by atoms with Gasteiger partial charge in [-0.1, -0.05) is 22.9 Å². The Hall–Kier alpha value is -1.66. The van der Waals surface area contributed by atoms with Crippen LogP contribution >= 0.6 is 15.9 Å². The van der Waals surface area contributed by atoms with Crippen molar-refractivity contribution in [2.75, 3.05) is 6.54 Å². The van der Waals surface area contributed by atoms with Gasteiger partial charge in [0.1, 0.15) is 0 Å². The highest BCUT2D eigenvalue weighted by Crippen LogP contribution is 2.19. The molecule has 0 bridgehead atoms. The minimum absolute atomic E-state index is 0.0317. The van der Waals surface area contributed by atoms with E-state index in [1.165, 1.54) is 0 Å². The van der Waals surface area contributed by atoms with E-state index in [4.69, 9.17) is 0 Å². The first kappa shape index (κ1) is 17.2. The molecule has 2 heterocycles. The van der Waals surface area contributed by atoms with Gasteiger partial charge in [-0.05, 0) is 57.0 Å². The standard InChI is InChI=1S/C18H23BrN4O/c1-3-17-15(18(24)22-16-5-4-10-20-12(16)2)11-21-23(17)14-8-6-13(19)7-9-14/h6-9,11-12,16,20H,3-5,10H2,1-2H3,(H,22,24). The molecule has 1 aromatic carbocycles. The maximum atomic E-state index is 12.7. The number of carbonyl (C=O) groups is 1. The number of amides is 1. The van der Waals surface area contributed by atoms with Crippen molar-refractivity contribution in [3.63, 3.8) is 0 Å². The van der Waals surface area contributed by atoms with Crippen LogP contribution in [0.3, 0.4) is 0 Å². The van der Waals surface area contributed by atoms with E-state index in [1.807, 2.05) is 35.9 Å². The second kappa shape index (κ2) is 7.49. The molecular formula is C18H23BrN4O. The number of rotatable bonds is 4. The molecule has 24 heavy (non-hydrogen) atoms. The van der Waals surface area contributed by atoms with Crippen LogP contribution in [-0.4, -0.2) is 34.3 Å². The lowest BCUT2D eigenvalue weighted by molar-refractivity contribution is 0.0919. The highest BCUT2D eigenvalue weighted by molar-refractivity contribution is 9.10. The lowest BCUT2D eigenvalue weighted by Crippen LogP contribution is -2.52. The fourth-order valence-electron chi connectivity index (χ4n) is 3.20. The van der Waals surface area contributed by atoms with Crippen LogP contribution < -0.4 is 10.6 Å². The van der Waals surface area contributed by atoms with Crippen LogP contribution in [0.15, 0.2) is 34.9 Å². The number of piperidine rings is 1. The van der Waals surface area contributed by atoms with E-state index in [0.717, 1.165) is 41.7 Å². The lowest BCUT2D eigenvalue weighted by atomic mass is 9.99. The predicted molar refractivity (Wildman–Crippen MR) is 98.6 cm³/mol. The third kappa shape index (κ3) is 3.54. The number of halogens is 1. The van der Waals surface area contributed by atoms with Crippen molar-refractivity contribution in [1.82, 2.24) is 20.4 Å². The molecule has 3 rings (SSSR count). The largest absolute Gasteiger partial charge is 0.348 e. The molecule has 1 aromatic heterocycles. The Balaban J connectivity index is 1.83. The van der Waals surface area contributed by atoms with E-state index < -0.39 is 0 Å². The van der Waals surface area contributed by atoms with Crippen molar-refractivity contribution >= 4 is 21.8 Å². The smallest absolute Gasteiger partial charge is 0.255 e. The van der Waals surface area contributed by atoms with Crippen molar-refractivity contribution in [2.24, 2.45) is 0 Å². The molecule has 0 aliphatic carbocycles. The molecular weight excluding hydrogens is 368 g/mol. The number of carbonyl (C=O) groups excluding carboxylic acids is 1. The zero-order chi connectivity index (χ0) is 17.1. The highest BCUT2D eigenvalue weighted by atomic mass is 79.9. The summed E-state index contributed by atoms with van der Waals surface area (Å²) in [6.45, 7) is 5.19. The van der Waals surface area contributed by atoms with Crippen molar-refractivity contribution < 1.29 is 4.79 Å². The second-order valence-corrected chi connectivity index (χ2v) is 7.13. The number of hydrogen-bond acceptors (Lipinski definition) is 3. The average Bonchev–Trinajstić information content (AvgIpc) is 3.01. The van der Waals surface area contributed by atoms with Crippen molar-refractivity contribution in [1.29, 1.82) is 0 Å². The summed E-state index contributed by atoms with van der Waals surface area (Å²) in [5.74, 6) is -0.0317. The van der Waals surface area contributed by atoms with Crippen LogP contribution in [0.4, 0.5) is 0 Å². The SMILES string of the molecule is CCc1c(C(=O)NC2CCCNC2C)cnn1-c1ccc(Br)cc1. The van der Waals surface area contributed by atoms with Gasteiger partial charge in [-0.2, -0.15) is 5.10 Å². The van der Waals surface area contributed by atoms with Gasteiger partial charge in [0, 0.05) is 16.6 Å². The molecule has 0 radical (unpaired) electrons. The van der Waals surface area contributed by atoms with Gasteiger partial charge in [0.2, 0.25) is 0 Å². The Kier molecular flexibility index (Phi) is 5.36. The zero-order valence-corrected chi connectivity index (χ0v) is 15.6. The van der Waals surface area contributed by atoms with E-state index >= 15 is 0 Å². The minimum atomic E-state index is -0.0317. The van der Waals surface area contributed by atoms with Crippen LogP contribution in [0.2, 0.25) is 0 Å². The van der Waals surface area contributed by atoms with E-state index in [1.54, 1.807) is 6.20 Å². The Morgan fingerprint density at radius 1 is 1.42 bits per heavy atom. The number of aromatic nitrogens is 2. The molecule has 0 spiro atoms. The summed E-state index contributed by atoms with van der Waals surface area (Å²) >= 11 is 3.44. The Bertz CT molecular complexity index is 710. The predicted octanol–water partition coefficient (Wildman–Crippen LogP) is 3.07. The second-order valence-electron chi connectivity index (χ2n) is 6.21. The van der Waals surface area contributed by atoms with Gasteiger partial charge in [-0.3, -0.25) is 4.79 Å². The zero-order valence-electron chi connectivity index (χ0n) is 14.1. The van der Waals surface area contributed by atoms with E-state index in [2.05, 4.69) is 38.6 Å². The van der Waals surface area contributed by atoms with Crippen molar-refractivity contribution in [3.05, 3.63) is 46.2 Å². The van der Waals surface area contributed by atoms with Gasteiger partial charge >= 0.3 is 0 Å². The molecule has 1 aliphatic heterocycles. The topological polar surface area (TPSA) is 59.0 Å². The van der Waals surface area contributed by atoms with Crippen LogP contribution in [-0.2, 0) is 6.42 Å². The number of nitrogens with zero attached hydrogens (tertiary/aromatic N) is 2. The van der Waals surface area contributed by atoms with Crippen molar-refractivity contribution in [3.8, 4) is 5.69 Å². The number of hydrogen-bond donors (Lipinski definition) is 2. The van der Waals surface area contributed by atoms with Gasteiger partial charge in [-0.15, -0.1) is 0 Å². The van der Waals surface area contributed by atoms with Gasteiger partial charge in [0.25, 0.3) is 5.91 Å². The molecule has 2 atom stereocenters. The van der Waals surface area contributed by atoms with Gasteiger partial charge < -0.3 is 10.6 Å². The quantitative estimate of drug-likeness (QED) is 0.842. The van der Waals surface area contributed by atoms with Crippen LogP contribution in [0.1, 0.15) is 42.7 Å². The maximum absolute atomic E-state index is 12.7. The van der Waals surface area contributed by atoms with Crippen LogP contribution in [0.25, 0.3) is 5.69 Å². The monoisotopic (exact) mass is 390 g/mol. The lowest BCUT2D eigenvalue weighted by Gasteiger charge is -2.30. The summed E-state index contributed by atoms with van der Waals surface area (Å²) in [5.41, 5.74) is 2.56. The average molecular weight is 391 g/mol. The summed E-state index contributed by atoms with van der Waals surface area (Å²) in [6, 6.07) is 8.41. The van der Waals surface area contributed by atoms with Gasteiger partial charge in [0.05, 0.1) is 23.1 Å². The molecule has 1 amide bonds. The molecule has 0 saturated carbocycles. The Labute approximate surface area is 151 Å². The normalized spacial score (nSPS) is 20.8. The highest BCUT2D eigenvalue weighted by Gasteiger charge is 2.25. The molecule has 128 valence electrons. The maximum Gasteiger partial charge on any atom is 0.255 e. The Morgan fingerprint density at radius 2 is 2.17 bits per heavy atom. The first-order chi connectivity index (χ1) is 11.6. The molecule has 6 heteroatoms. The van der Waals surface area contributed by atoms with E-state index in [9.17, 15) is 4.79 Å². The summed E-state index contributed by atoms with van der Waals surface area (Å²) in [7, 11) is 0. The first-order valence-corrected chi connectivity index (χ1v) is 9.26. The minimum Gasteiger partial charge on any atom is -0.348 e. The van der Waals surface area contributed by atoms with Gasteiger partial charge in [-0.25, -0.2) is 4.68 Å². The van der Waals surface area contributed by atoms with E-state index in [-0.39, 0.29) is 11.9 Å². The number of nitrogens with one attached hydrogen (secondary N) is 2. The molecule has 1 fully saturated rings. The summed E-state index contributed by atoms with van der Waals surface area (Å²) < 4.78 is 2.87. The molecule has 5 nitrogen and oxygen atoms in total. The van der Waals surface area contributed by atoms with Crippen molar-refractivity contribution in [2.45, 2.75) is 45.2 Å². The fourth-order valence-corrected chi connectivity index (χ4v) is 3.46. The van der Waals surface area contributed by atoms with Gasteiger partial charge in [0.15, 0.2) is 0 Å². The summed E-state index contributed by atoms with van der Waals surface area (Å²) in [6.07, 6.45) is 4.53. The molecule has 2 unspecified atom stereocenters. The van der Waals surface area contributed by atoms with E-state index in [0.29, 0.717) is 11.6 Å². The summed E-state index contributed by atoms with van der Waals surface area (Å²) in [5, 5.41) is 11.0. The fraction of sp³-hybridized carbons (Fsp3) is 0.444. The molecule has 2 aromatic rings. The first-order valence-electron chi connectivity index (χ1n) is 8.47. The molecule has 1 saturated heterocycles. The molecule has 2 N–H and O–H groups in total. The van der Waals surface area contributed by atoms with Crippen LogP contribution in [0, 0.1) is 0 Å². The third-order valence-electron chi connectivity index (χ3n) is 4.60.